The van der Waals surface area contributed by atoms with Gasteiger partial charge in [0.15, 0.2) is 0 Å². The minimum absolute atomic E-state index is 0. The van der Waals surface area contributed by atoms with Crippen molar-refractivity contribution in [2.24, 2.45) is 5.92 Å². The topological polar surface area (TPSA) is 9.23 Å². The molecule has 1 aromatic rings. The van der Waals surface area contributed by atoms with Gasteiger partial charge in [-0.05, 0) is 31.2 Å². The molecule has 2 rings (SSSR count). The quantitative estimate of drug-likeness (QED) is 0.597. The Morgan fingerprint density at radius 1 is 1.24 bits per heavy atom. The maximum atomic E-state index is 13.2. The van der Waals surface area contributed by atoms with E-state index < -0.39 is 18.3 Å². The van der Waals surface area contributed by atoms with Crippen LogP contribution in [-0.2, 0) is 0 Å². The molecule has 1 aliphatic rings. The zero-order valence-corrected chi connectivity index (χ0v) is 15.5. The van der Waals surface area contributed by atoms with Crippen LogP contribution in [0.4, 0.5) is 17.3 Å². The van der Waals surface area contributed by atoms with Crippen LogP contribution >= 0.6 is 0 Å². The van der Waals surface area contributed by atoms with Gasteiger partial charge in [0.05, 0.1) is 11.9 Å². The third-order valence-corrected chi connectivity index (χ3v) is 3.93. The molecule has 7 heteroatoms. The SMILES string of the molecule is CCC1CCCC(Oc2cc(F)ccc2[B-](F)(F)F)C1.[K+]. The minimum atomic E-state index is -5.19. The van der Waals surface area contributed by atoms with Gasteiger partial charge in [-0.2, -0.15) is 0 Å². The van der Waals surface area contributed by atoms with Gasteiger partial charge < -0.3 is 17.7 Å². The molecular weight excluding hydrogens is 310 g/mol. The van der Waals surface area contributed by atoms with E-state index in [1.54, 1.807) is 0 Å². The van der Waals surface area contributed by atoms with E-state index >= 15 is 0 Å². The van der Waals surface area contributed by atoms with Gasteiger partial charge in [0.2, 0.25) is 0 Å². The molecule has 0 radical (unpaired) electrons. The molecule has 1 aromatic carbocycles. The summed E-state index contributed by atoms with van der Waals surface area (Å²) < 4.78 is 57.5. The van der Waals surface area contributed by atoms with Gasteiger partial charge in [0.25, 0.3) is 0 Å². The summed E-state index contributed by atoms with van der Waals surface area (Å²) in [5.74, 6) is -0.576. The van der Waals surface area contributed by atoms with E-state index in [1.165, 1.54) is 0 Å². The first-order valence-corrected chi connectivity index (χ1v) is 7.06. The van der Waals surface area contributed by atoms with Crippen LogP contribution in [0.15, 0.2) is 18.2 Å². The van der Waals surface area contributed by atoms with Crippen LogP contribution in [0.1, 0.15) is 39.0 Å². The van der Waals surface area contributed by atoms with E-state index in [2.05, 4.69) is 6.92 Å². The number of hydrogen-bond donors (Lipinski definition) is 0. The molecule has 1 aliphatic carbocycles. The van der Waals surface area contributed by atoms with Crippen LogP contribution in [0.25, 0.3) is 0 Å². The Bertz CT molecular complexity index is 467. The zero-order chi connectivity index (χ0) is 14.8. The first kappa shape index (κ1) is 19.5. The van der Waals surface area contributed by atoms with Crippen LogP contribution in [0.2, 0.25) is 0 Å². The summed E-state index contributed by atoms with van der Waals surface area (Å²) >= 11 is 0. The molecule has 2 unspecified atom stereocenters. The predicted octanol–water partition coefficient (Wildman–Crippen LogP) is 1.23. The molecule has 2 atom stereocenters. The number of rotatable bonds is 4. The largest absolute Gasteiger partial charge is 1.00 e. The summed E-state index contributed by atoms with van der Waals surface area (Å²) in [7, 11) is 0. The molecule has 1 nitrogen and oxygen atoms in total. The van der Waals surface area contributed by atoms with E-state index in [0.717, 1.165) is 50.3 Å². The van der Waals surface area contributed by atoms with Gasteiger partial charge in [-0.15, -0.1) is 0 Å². The Hall–Kier alpha value is 0.441. The number of halogens is 4. The summed E-state index contributed by atoms with van der Waals surface area (Å²) in [6.45, 7) is -3.12. The maximum Gasteiger partial charge on any atom is 1.00 e. The summed E-state index contributed by atoms with van der Waals surface area (Å²) in [6.07, 6.45) is 4.28. The van der Waals surface area contributed by atoms with Crippen molar-refractivity contribution >= 4 is 12.4 Å². The van der Waals surface area contributed by atoms with Crippen molar-refractivity contribution in [2.75, 3.05) is 0 Å². The van der Waals surface area contributed by atoms with Gasteiger partial charge in [0, 0.05) is 6.07 Å². The molecule has 1 fully saturated rings. The number of ether oxygens (including phenoxy) is 1. The molecule has 0 spiro atoms. The van der Waals surface area contributed by atoms with Crippen molar-refractivity contribution < 1.29 is 73.5 Å². The summed E-state index contributed by atoms with van der Waals surface area (Å²) in [4.78, 5) is 0. The Balaban J connectivity index is 0.00000220. The van der Waals surface area contributed by atoms with E-state index in [1.807, 2.05) is 0 Å². The minimum Gasteiger partial charge on any atom is -0.493 e. The molecule has 1 saturated carbocycles. The molecule has 112 valence electrons. The number of hydrogen-bond acceptors (Lipinski definition) is 1. The summed E-state index contributed by atoms with van der Waals surface area (Å²) in [5.41, 5.74) is -0.843. The molecule has 21 heavy (non-hydrogen) atoms. The summed E-state index contributed by atoms with van der Waals surface area (Å²) in [5, 5.41) is 0. The van der Waals surface area contributed by atoms with Gasteiger partial charge >= 0.3 is 58.4 Å². The molecule has 0 aromatic heterocycles. The first-order chi connectivity index (χ1) is 9.40. The van der Waals surface area contributed by atoms with Crippen molar-refractivity contribution in [1.82, 2.24) is 0 Å². The monoisotopic (exact) mass is 328 g/mol. The Labute approximate surface area is 165 Å². The fraction of sp³-hybridized carbons (Fsp3) is 0.571. The number of benzene rings is 1. The second kappa shape index (κ2) is 8.34. The van der Waals surface area contributed by atoms with Crippen LogP contribution in [0.5, 0.6) is 5.75 Å². The third kappa shape index (κ3) is 5.53. The molecule has 0 bridgehead atoms. The van der Waals surface area contributed by atoms with Crippen LogP contribution < -0.4 is 61.6 Å². The second-order valence-electron chi connectivity index (χ2n) is 5.44. The molecule has 0 saturated heterocycles. The standard InChI is InChI=1S/C14H18BF4O.K/c1-2-10-4-3-5-12(8-10)20-14-9-11(16)6-7-13(14)15(17,18)19;/h6-7,9-10,12H,2-5,8H2,1H3;/q-1;+1. The Morgan fingerprint density at radius 3 is 2.57 bits per heavy atom. The fourth-order valence-electron chi connectivity index (χ4n) is 2.78. The molecule has 0 heterocycles. The summed E-state index contributed by atoms with van der Waals surface area (Å²) in [6, 6.07) is 2.44. The van der Waals surface area contributed by atoms with Gasteiger partial charge in [0.1, 0.15) is 5.82 Å². The molecule has 0 aliphatic heterocycles. The van der Waals surface area contributed by atoms with E-state index in [9.17, 15) is 17.3 Å². The van der Waals surface area contributed by atoms with Crippen molar-refractivity contribution in [3.05, 3.63) is 24.0 Å². The molecule has 0 N–H and O–H groups in total. The predicted molar refractivity (Wildman–Crippen MR) is 71.8 cm³/mol. The van der Waals surface area contributed by atoms with Crippen molar-refractivity contribution in [2.45, 2.75) is 45.1 Å². The van der Waals surface area contributed by atoms with E-state index in [4.69, 9.17) is 4.74 Å². The van der Waals surface area contributed by atoms with Gasteiger partial charge in [-0.25, -0.2) is 4.39 Å². The Morgan fingerprint density at radius 2 is 1.95 bits per heavy atom. The molecule has 0 amide bonds. The van der Waals surface area contributed by atoms with Crippen LogP contribution in [0.3, 0.4) is 0 Å². The first-order valence-electron chi connectivity index (χ1n) is 7.06. The second-order valence-corrected chi connectivity index (χ2v) is 5.44. The van der Waals surface area contributed by atoms with Crippen molar-refractivity contribution in [3.63, 3.8) is 0 Å². The zero-order valence-electron chi connectivity index (χ0n) is 12.4. The van der Waals surface area contributed by atoms with E-state index in [0.29, 0.717) is 5.92 Å². The smallest absolute Gasteiger partial charge is 0.493 e. The Kier molecular flexibility index (Phi) is 7.74. The van der Waals surface area contributed by atoms with Crippen LogP contribution in [-0.4, -0.2) is 13.1 Å². The van der Waals surface area contributed by atoms with Gasteiger partial charge in [-0.3, -0.25) is 0 Å². The average Bonchev–Trinajstić information content (AvgIpc) is 2.37. The van der Waals surface area contributed by atoms with Crippen LogP contribution in [0, 0.1) is 11.7 Å². The molecular formula is C14H18BF4KO. The maximum absolute atomic E-state index is 13.2. The van der Waals surface area contributed by atoms with E-state index in [-0.39, 0.29) is 63.2 Å². The fourth-order valence-corrected chi connectivity index (χ4v) is 2.78. The van der Waals surface area contributed by atoms with Crippen molar-refractivity contribution in [1.29, 1.82) is 0 Å². The van der Waals surface area contributed by atoms with Gasteiger partial charge in [-0.1, -0.05) is 31.3 Å². The third-order valence-electron chi connectivity index (χ3n) is 3.93. The normalized spacial score (nSPS) is 22.5. The van der Waals surface area contributed by atoms with Crippen molar-refractivity contribution in [3.8, 4) is 5.75 Å². The average molecular weight is 328 g/mol.